The van der Waals surface area contributed by atoms with Crippen molar-refractivity contribution in [2.24, 2.45) is 0 Å². The van der Waals surface area contributed by atoms with Crippen molar-refractivity contribution in [3.8, 4) is 5.69 Å². The number of nitrogens with zero attached hydrogens (tertiary/aromatic N) is 3. The van der Waals surface area contributed by atoms with Gasteiger partial charge in [-0.1, -0.05) is 48.0 Å². The maximum Gasteiger partial charge on any atom is 0.416 e. The van der Waals surface area contributed by atoms with Crippen molar-refractivity contribution in [2.45, 2.75) is 39.0 Å². The molecule has 4 aromatic rings. The van der Waals surface area contributed by atoms with Crippen LogP contribution in [-0.4, -0.2) is 33.9 Å². The third-order valence-electron chi connectivity index (χ3n) is 7.01. The zero-order chi connectivity index (χ0) is 27.9. The van der Waals surface area contributed by atoms with Gasteiger partial charge in [0.15, 0.2) is 0 Å². The topological polar surface area (TPSA) is 45.6 Å². The number of carbonyl (C=O) groups excluding carboxylic acids is 2. The van der Waals surface area contributed by atoms with Crippen LogP contribution in [0.4, 0.5) is 18.9 Å². The molecule has 1 unspecified atom stereocenters. The van der Waals surface area contributed by atoms with Gasteiger partial charge in [0.1, 0.15) is 12.6 Å². The maximum absolute atomic E-state index is 14.2. The summed E-state index contributed by atoms with van der Waals surface area (Å²) in [5.41, 5.74) is 3.38. The number of aromatic nitrogens is 1. The molecule has 0 radical (unpaired) electrons. The molecule has 0 saturated heterocycles. The highest BCUT2D eigenvalue weighted by Gasteiger charge is 2.38. The Morgan fingerprint density at radius 3 is 2.26 bits per heavy atom. The first-order valence-electron chi connectivity index (χ1n) is 12.7. The Kier molecular flexibility index (Phi) is 6.80. The van der Waals surface area contributed by atoms with Crippen LogP contribution in [0.2, 0.25) is 0 Å². The van der Waals surface area contributed by atoms with Gasteiger partial charge in [0.25, 0.3) is 5.91 Å². The molecule has 1 aliphatic rings. The van der Waals surface area contributed by atoms with E-state index >= 15 is 0 Å². The van der Waals surface area contributed by atoms with E-state index in [-0.39, 0.29) is 18.0 Å². The molecule has 2 heterocycles. The van der Waals surface area contributed by atoms with Crippen molar-refractivity contribution in [3.63, 3.8) is 0 Å². The van der Waals surface area contributed by atoms with Gasteiger partial charge in [0.2, 0.25) is 5.91 Å². The molecule has 1 aliphatic heterocycles. The summed E-state index contributed by atoms with van der Waals surface area (Å²) >= 11 is 0. The molecule has 39 heavy (non-hydrogen) atoms. The van der Waals surface area contributed by atoms with Crippen LogP contribution >= 0.6 is 0 Å². The standard InChI is InChI=1S/C31H28F3N3O2/c1-20(2)36(30(39)23-8-6-9-24(18-23)31(32,33)34)19-28(38)37-26-11-5-4-10-25(26)35-17-7-12-27(35)29(37)22-15-13-21(3)14-16-22/h4-18,20,29H,19H2,1-3H3. The molecule has 0 aliphatic carbocycles. The molecule has 5 nitrogen and oxygen atoms in total. The number of hydrogen-bond donors (Lipinski definition) is 0. The quantitative estimate of drug-likeness (QED) is 0.285. The number of anilines is 1. The number of fused-ring (bicyclic) bond motifs is 3. The van der Waals surface area contributed by atoms with Crippen LogP contribution in [0.1, 0.15) is 52.6 Å². The zero-order valence-electron chi connectivity index (χ0n) is 21.8. The molecule has 1 aromatic heterocycles. The summed E-state index contributed by atoms with van der Waals surface area (Å²) in [7, 11) is 0. The highest BCUT2D eigenvalue weighted by molar-refractivity contribution is 6.02. The van der Waals surface area contributed by atoms with Gasteiger partial charge in [0, 0.05) is 17.8 Å². The molecule has 1 atom stereocenters. The molecule has 3 aromatic carbocycles. The Morgan fingerprint density at radius 2 is 1.59 bits per heavy atom. The fraction of sp³-hybridized carbons (Fsp3) is 0.226. The van der Waals surface area contributed by atoms with E-state index in [9.17, 15) is 22.8 Å². The predicted molar refractivity (Wildman–Crippen MR) is 144 cm³/mol. The number of rotatable bonds is 5. The van der Waals surface area contributed by atoms with E-state index in [4.69, 9.17) is 0 Å². The molecule has 5 rings (SSSR count). The third kappa shape index (κ3) is 4.94. The predicted octanol–water partition coefficient (Wildman–Crippen LogP) is 6.79. The Bertz CT molecular complexity index is 1520. The number of aryl methyl sites for hydroxylation is 1. The number of para-hydroxylation sites is 2. The van der Waals surface area contributed by atoms with Crippen molar-refractivity contribution in [2.75, 3.05) is 11.4 Å². The lowest BCUT2D eigenvalue weighted by Gasteiger charge is -2.40. The average molecular weight is 532 g/mol. The van der Waals surface area contributed by atoms with Crippen LogP contribution in [0.3, 0.4) is 0 Å². The molecule has 0 fully saturated rings. The van der Waals surface area contributed by atoms with Crippen molar-refractivity contribution < 1.29 is 22.8 Å². The zero-order valence-corrected chi connectivity index (χ0v) is 21.8. The summed E-state index contributed by atoms with van der Waals surface area (Å²) in [5, 5.41) is 0. The van der Waals surface area contributed by atoms with E-state index < -0.39 is 29.7 Å². The van der Waals surface area contributed by atoms with E-state index in [0.717, 1.165) is 34.6 Å². The van der Waals surface area contributed by atoms with Gasteiger partial charge >= 0.3 is 6.18 Å². The Morgan fingerprint density at radius 1 is 0.897 bits per heavy atom. The van der Waals surface area contributed by atoms with Crippen molar-refractivity contribution in [1.82, 2.24) is 9.47 Å². The number of carbonyl (C=O) groups is 2. The monoisotopic (exact) mass is 531 g/mol. The Hall–Kier alpha value is -4.33. The lowest BCUT2D eigenvalue weighted by molar-refractivity contribution is -0.137. The highest BCUT2D eigenvalue weighted by atomic mass is 19.4. The van der Waals surface area contributed by atoms with Crippen molar-refractivity contribution >= 4 is 17.5 Å². The number of halogens is 3. The van der Waals surface area contributed by atoms with Crippen LogP contribution in [0.15, 0.2) is 91.1 Å². The molecule has 2 amide bonds. The van der Waals surface area contributed by atoms with Crippen molar-refractivity contribution in [3.05, 3.63) is 119 Å². The Labute approximate surface area is 225 Å². The van der Waals surface area contributed by atoms with Gasteiger partial charge in [-0.05, 0) is 68.8 Å². The smallest absolute Gasteiger partial charge is 0.327 e. The van der Waals surface area contributed by atoms with Gasteiger partial charge in [-0.25, -0.2) is 0 Å². The first kappa shape index (κ1) is 26.3. The van der Waals surface area contributed by atoms with Gasteiger partial charge in [-0.15, -0.1) is 0 Å². The van der Waals surface area contributed by atoms with E-state index in [2.05, 4.69) is 4.57 Å². The number of alkyl halides is 3. The fourth-order valence-electron chi connectivity index (χ4n) is 5.03. The van der Waals surface area contributed by atoms with Gasteiger partial charge in [-0.3, -0.25) is 14.5 Å². The molecular weight excluding hydrogens is 503 g/mol. The molecule has 0 saturated carbocycles. The largest absolute Gasteiger partial charge is 0.416 e. The van der Waals surface area contributed by atoms with Crippen molar-refractivity contribution in [1.29, 1.82) is 0 Å². The second kappa shape index (κ2) is 10.1. The fourth-order valence-corrected chi connectivity index (χ4v) is 5.03. The van der Waals surface area contributed by atoms with Crippen LogP contribution in [0.5, 0.6) is 0 Å². The molecule has 8 heteroatoms. The first-order valence-corrected chi connectivity index (χ1v) is 12.7. The second-order valence-corrected chi connectivity index (χ2v) is 9.97. The van der Waals surface area contributed by atoms with Crippen LogP contribution < -0.4 is 4.90 Å². The normalized spacial score (nSPS) is 14.6. The third-order valence-corrected chi connectivity index (χ3v) is 7.01. The highest BCUT2D eigenvalue weighted by Crippen LogP contribution is 2.42. The van der Waals surface area contributed by atoms with Crippen LogP contribution in [0.25, 0.3) is 5.69 Å². The summed E-state index contributed by atoms with van der Waals surface area (Å²) in [4.78, 5) is 30.6. The van der Waals surface area contributed by atoms with Gasteiger partial charge in [0.05, 0.1) is 22.6 Å². The molecule has 0 N–H and O–H groups in total. The number of benzene rings is 3. The van der Waals surface area contributed by atoms with E-state index in [1.54, 1.807) is 18.7 Å². The summed E-state index contributed by atoms with van der Waals surface area (Å²) in [6.07, 6.45) is -2.63. The summed E-state index contributed by atoms with van der Waals surface area (Å²) in [5.74, 6) is -0.973. The Balaban J connectivity index is 1.55. The number of amides is 2. The molecular formula is C31H28F3N3O2. The summed E-state index contributed by atoms with van der Waals surface area (Å²) in [6, 6.07) is 22.8. The maximum atomic E-state index is 14.2. The molecule has 0 spiro atoms. The van der Waals surface area contributed by atoms with Crippen LogP contribution in [0, 0.1) is 6.92 Å². The SMILES string of the molecule is Cc1ccc(C2c3cccn3-c3ccccc3N2C(=O)CN(C(=O)c2cccc(C(F)(F)F)c2)C(C)C)cc1. The van der Waals surface area contributed by atoms with E-state index in [0.29, 0.717) is 5.69 Å². The molecule has 200 valence electrons. The van der Waals surface area contributed by atoms with Gasteiger partial charge in [-0.2, -0.15) is 13.2 Å². The lowest BCUT2D eigenvalue weighted by Crippen LogP contribution is -2.48. The minimum Gasteiger partial charge on any atom is -0.327 e. The van der Waals surface area contributed by atoms with E-state index in [1.165, 1.54) is 17.0 Å². The first-order chi connectivity index (χ1) is 18.6. The average Bonchev–Trinajstić information content (AvgIpc) is 3.40. The molecule has 0 bridgehead atoms. The van der Waals surface area contributed by atoms with E-state index in [1.807, 2.05) is 73.8 Å². The minimum atomic E-state index is -4.58. The summed E-state index contributed by atoms with van der Waals surface area (Å²) < 4.78 is 42.0. The lowest BCUT2D eigenvalue weighted by atomic mass is 9.97. The summed E-state index contributed by atoms with van der Waals surface area (Å²) in [6.45, 7) is 5.17. The second-order valence-electron chi connectivity index (χ2n) is 9.97. The van der Waals surface area contributed by atoms with Crippen LogP contribution in [-0.2, 0) is 11.0 Å². The van der Waals surface area contributed by atoms with Gasteiger partial charge < -0.3 is 9.47 Å². The minimum absolute atomic E-state index is 0.116. The number of hydrogen-bond acceptors (Lipinski definition) is 2.